The number of anilines is 4. The molecule has 1 amide bonds. The van der Waals surface area contributed by atoms with Crippen molar-refractivity contribution in [2.75, 3.05) is 28.7 Å². The molecule has 0 spiro atoms. The van der Waals surface area contributed by atoms with E-state index in [-0.39, 0.29) is 23.6 Å². The lowest BCUT2D eigenvalue weighted by Gasteiger charge is -2.39. The molecule has 0 saturated heterocycles. The van der Waals surface area contributed by atoms with Gasteiger partial charge < -0.3 is 15.1 Å². The number of rotatable bonds is 5. The van der Waals surface area contributed by atoms with Gasteiger partial charge in [0.2, 0.25) is 11.9 Å². The summed E-state index contributed by atoms with van der Waals surface area (Å²) in [6.07, 6.45) is 2.45. The van der Waals surface area contributed by atoms with Gasteiger partial charge in [-0.05, 0) is 31.4 Å². The Balaban J connectivity index is 1.95. The zero-order valence-electron chi connectivity index (χ0n) is 15.8. The summed E-state index contributed by atoms with van der Waals surface area (Å²) in [5.41, 5.74) is 0.826. The molecule has 1 aliphatic heterocycles. The number of nitrogens with zero attached hydrogens (tertiary/aromatic N) is 4. The average Bonchev–Trinajstić information content (AvgIpc) is 2.58. The predicted molar refractivity (Wildman–Crippen MR) is 101 cm³/mol. The summed E-state index contributed by atoms with van der Waals surface area (Å²) in [7, 11) is 1.69. The SMILES string of the molecule is CC(C)CCN1c2nc(Nc3cc(F)cc(F)c3)ncc2N(C)C(=O)C1C. The minimum atomic E-state index is -0.687. The van der Waals surface area contributed by atoms with E-state index in [0.29, 0.717) is 24.0 Å². The number of likely N-dealkylation sites (N-methyl/N-ethyl adjacent to an activating group) is 1. The summed E-state index contributed by atoms with van der Waals surface area (Å²) in [6, 6.07) is 2.78. The van der Waals surface area contributed by atoms with Crippen molar-refractivity contribution in [3.63, 3.8) is 0 Å². The summed E-state index contributed by atoms with van der Waals surface area (Å²) in [5.74, 6) is -0.0864. The number of amides is 1. The lowest BCUT2D eigenvalue weighted by atomic mass is 10.1. The van der Waals surface area contributed by atoms with Gasteiger partial charge in [0, 0.05) is 25.3 Å². The van der Waals surface area contributed by atoms with E-state index in [1.807, 2.05) is 11.8 Å². The van der Waals surface area contributed by atoms with Gasteiger partial charge in [-0.2, -0.15) is 4.98 Å². The second kappa shape index (κ2) is 7.46. The van der Waals surface area contributed by atoms with E-state index in [2.05, 4.69) is 29.1 Å². The molecule has 0 saturated carbocycles. The molecule has 8 heteroatoms. The number of carbonyl (C=O) groups excluding carboxylic acids is 1. The topological polar surface area (TPSA) is 61.4 Å². The summed E-state index contributed by atoms with van der Waals surface area (Å²) in [5, 5.41) is 2.83. The van der Waals surface area contributed by atoms with E-state index >= 15 is 0 Å². The molecule has 6 nitrogen and oxygen atoms in total. The lowest BCUT2D eigenvalue weighted by molar-refractivity contribution is -0.119. The predicted octanol–water partition coefficient (Wildman–Crippen LogP) is 3.72. The molecule has 1 aliphatic rings. The van der Waals surface area contributed by atoms with Crippen LogP contribution in [0.3, 0.4) is 0 Å². The van der Waals surface area contributed by atoms with Crippen LogP contribution in [-0.4, -0.2) is 35.5 Å². The maximum absolute atomic E-state index is 13.4. The van der Waals surface area contributed by atoms with Crippen LogP contribution >= 0.6 is 0 Å². The van der Waals surface area contributed by atoms with Gasteiger partial charge in [0.05, 0.1) is 6.20 Å². The van der Waals surface area contributed by atoms with Gasteiger partial charge in [0.15, 0.2) is 5.82 Å². The van der Waals surface area contributed by atoms with Crippen molar-refractivity contribution < 1.29 is 13.6 Å². The van der Waals surface area contributed by atoms with Crippen molar-refractivity contribution in [3.05, 3.63) is 36.0 Å². The molecule has 1 N–H and O–H groups in total. The molecular weight excluding hydrogens is 352 g/mol. The Kier molecular flexibility index (Phi) is 5.25. The number of nitrogens with one attached hydrogen (secondary N) is 1. The fourth-order valence-electron chi connectivity index (χ4n) is 3.04. The fraction of sp³-hybridized carbons (Fsp3) is 0.421. The molecule has 0 fully saturated rings. The third-order valence-electron chi connectivity index (χ3n) is 4.60. The highest BCUT2D eigenvalue weighted by Crippen LogP contribution is 2.34. The summed E-state index contributed by atoms with van der Waals surface area (Å²) in [6.45, 7) is 6.76. The number of aromatic nitrogens is 2. The van der Waals surface area contributed by atoms with Gasteiger partial charge in [-0.15, -0.1) is 0 Å². The minimum Gasteiger partial charge on any atom is -0.343 e. The van der Waals surface area contributed by atoms with Crippen molar-refractivity contribution >= 4 is 29.0 Å². The highest BCUT2D eigenvalue weighted by Gasteiger charge is 2.35. The normalized spacial score (nSPS) is 16.7. The van der Waals surface area contributed by atoms with E-state index < -0.39 is 11.6 Å². The van der Waals surface area contributed by atoms with E-state index in [4.69, 9.17) is 0 Å². The van der Waals surface area contributed by atoms with E-state index in [9.17, 15) is 13.6 Å². The molecule has 0 radical (unpaired) electrons. The van der Waals surface area contributed by atoms with Gasteiger partial charge in [-0.1, -0.05) is 13.8 Å². The molecule has 0 aliphatic carbocycles. The van der Waals surface area contributed by atoms with Crippen molar-refractivity contribution in [2.45, 2.75) is 33.2 Å². The Bertz CT molecular complexity index is 838. The van der Waals surface area contributed by atoms with Crippen molar-refractivity contribution in [2.24, 2.45) is 5.92 Å². The molecule has 3 rings (SSSR count). The van der Waals surface area contributed by atoms with Crippen LogP contribution in [0.4, 0.5) is 31.9 Å². The Morgan fingerprint density at radius 1 is 1.22 bits per heavy atom. The first-order chi connectivity index (χ1) is 12.8. The Hall–Kier alpha value is -2.77. The molecule has 144 valence electrons. The average molecular weight is 375 g/mol. The van der Waals surface area contributed by atoms with Crippen molar-refractivity contribution in [3.8, 4) is 0 Å². The number of halogens is 2. The first kappa shape index (κ1) is 19.0. The number of hydrogen-bond acceptors (Lipinski definition) is 5. The number of hydrogen-bond donors (Lipinski definition) is 1. The first-order valence-electron chi connectivity index (χ1n) is 8.90. The quantitative estimate of drug-likeness (QED) is 0.863. The molecule has 27 heavy (non-hydrogen) atoms. The molecule has 1 unspecified atom stereocenters. The first-order valence-corrected chi connectivity index (χ1v) is 8.90. The summed E-state index contributed by atoms with van der Waals surface area (Å²) >= 11 is 0. The van der Waals surface area contributed by atoms with E-state index in [1.54, 1.807) is 13.2 Å². The van der Waals surface area contributed by atoms with Gasteiger partial charge in [0.1, 0.15) is 23.4 Å². The monoisotopic (exact) mass is 375 g/mol. The van der Waals surface area contributed by atoms with Crippen LogP contribution in [-0.2, 0) is 4.79 Å². The van der Waals surface area contributed by atoms with Gasteiger partial charge in [-0.3, -0.25) is 4.79 Å². The van der Waals surface area contributed by atoms with Gasteiger partial charge in [-0.25, -0.2) is 13.8 Å². The molecule has 0 bridgehead atoms. The molecule has 1 aromatic heterocycles. The fourth-order valence-corrected chi connectivity index (χ4v) is 3.04. The Morgan fingerprint density at radius 2 is 1.89 bits per heavy atom. The van der Waals surface area contributed by atoms with Crippen LogP contribution in [0.2, 0.25) is 0 Å². The lowest BCUT2D eigenvalue weighted by Crippen LogP contribution is -2.51. The molecule has 2 heterocycles. The third-order valence-corrected chi connectivity index (χ3v) is 4.60. The Morgan fingerprint density at radius 3 is 2.52 bits per heavy atom. The maximum Gasteiger partial charge on any atom is 0.249 e. The van der Waals surface area contributed by atoms with Crippen LogP contribution in [0.5, 0.6) is 0 Å². The van der Waals surface area contributed by atoms with Gasteiger partial charge >= 0.3 is 0 Å². The largest absolute Gasteiger partial charge is 0.343 e. The van der Waals surface area contributed by atoms with Crippen LogP contribution in [0.1, 0.15) is 27.2 Å². The second-order valence-corrected chi connectivity index (χ2v) is 7.13. The van der Waals surface area contributed by atoms with Crippen LogP contribution in [0.15, 0.2) is 24.4 Å². The van der Waals surface area contributed by atoms with Crippen molar-refractivity contribution in [1.82, 2.24) is 9.97 Å². The van der Waals surface area contributed by atoms with Crippen LogP contribution in [0, 0.1) is 17.6 Å². The zero-order chi connectivity index (χ0) is 19.7. The van der Waals surface area contributed by atoms with Crippen LogP contribution in [0.25, 0.3) is 0 Å². The smallest absolute Gasteiger partial charge is 0.249 e. The summed E-state index contributed by atoms with van der Waals surface area (Å²) in [4.78, 5) is 24.7. The molecule has 2 aromatic rings. The zero-order valence-corrected chi connectivity index (χ0v) is 15.8. The van der Waals surface area contributed by atoms with E-state index in [1.165, 1.54) is 17.0 Å². The molecule has 1 atom stereocenters. The summed E-state index contributed by atoms with van der Waals surface area (Å²) < 4.78 is 26.8. The van der Waals surface area contributed by atoms with E-state index in [0.717, 1.165) is 12.5 Å². The highest BCUT2D eigenvalue weighted by molar-refractivity contribution is 6.04. The van der Waals surface area contributed by atoms with Crippen molar-refractivity contribution in [1.29, 1.82) is 0 Å². The Labute approximate surface area is 157 Å². The molecular formula is C19H23F2N5O. The number of benzene rings is 1. The van der Waals surface area contributed by atoms with Crippen LogP contribution < -0.4 is 15.1 Å². The minimum absolute atomic E-state index is 0.0252. The third kappa shape index (κ3) is 3.99. The second-order valence-electron chi connectivity index (χ2n) is 7.13. The van der Waals surface area contributed by atoms with Gasteiger partial charge in [0.25, 0.3) is 0 Å². The highest BCUT2D eigenvalue weighted by atomic mass is 19.1. The molecule has 1 aromatic carbocycles. The maximum atomic E-state index is 13.4. The standard InChI is InChI=1S/C19H23F2N5O/c1-11(2)5-6-26-12(3)18(27)25(4)16-10-22-19(24-17(16)26)23-15-8-13(20)7-14(21)9-15/h7-12H,5-6H2,1-4H3,(H,22,23,24). The number of fused-ring (bicyclic) bond motifs is 1. The number of carbonyl (C=O) groups is 1.